The maximum Gasteiger partial charge on any atom is 0.236 e. The summed E-state index contributed by atoms with van der Waals surface area (Å²) >= 11 is 5.98. The van der Waals surface area contributed by atoms with Gasteiger partial charge in [-0.3, -0.25) is 9.69 Å². The molecule has 0 aliphatic carbocycles. The molecule has 2 rings (SSSR count). The summed E-state index contributed by atoms with van der Waals surface area (Å²) in [6, 6.07) is 4.18. The number of sulfone groups is 1. The molecule has 0 N–H and O–H groups in total. The van der Waals surface area contributed by atoms with Crippen molar-refractivity contribution in [3.05, 3.63) is 34.6 Å². The van der Waals surface area contributed by atoms with Crippen LogP contribution >= 0.6 is 11.6 Å². The van der Waals surface area contributed by atoms with E-state index in [-0.39, 0.29) is 36.5 Å². The van der Waals surface area contributed by atoms with E-state index < -0.39 is 15.7 Å². The summed E-state index contributed by atoms with van der Waals surface area (Å²) in [5.41, 5.74) is 0.343. The Morgan fingerprint density at radius 2 is 2.09 bits per heavy atom. The molecule has 23 heavy (non-hydrogen) atoms. The first kappa shape index (κ1) is 18.2. The molecule has 1 aliphatic heterocycles. The Balaban J connectivity index is 1.95. The second-order valence-corrected chi connectivity index (χ2v) is 8.57. The van der Waals surface area contributed by atoms with Crippen molar-refractivity contribution in [1.29, 1.82) is 0 Å². The summed E-state index contributed by atoms with van der Waals surface area (Å²) in [6.45, 7) is 0.270. The molecule has 0 aromatic heterocycles. The van der Waals surface area contributed by atoms with Crippen LogP contribution in [0.5, 0.6) is 0 Å². The van der Waals surface area contributed by atoms with Gasteiger partial charge in [0.25, 0.3) is 0 Å². The molecule has 1 saturated heterocycles. The average Bonchev–Trinajstić information content (AvgIpc) is 2.82. The molecule has 0 spiro atoms. The Hall–Kier alpha value is -1.18. The molecule has 1 heterocycles. The monoisotopic (exact) mass is 362 g/mol. The first-order chi connectivity index (χ1) is 10.7. The summed E-state index contributed by atoms with van der Waals surface area (Å²) < 4.78 is 36.8. The number of carbonyl (C=O) groups is 1. The van der Waals surface area contributed by atoms with E-state index in [1.807, 2.05) is 0 Å². The van der Waals surface area contributed by atoms with Crippen molar-refractivity contribution in [2.75, 3.05) is 32.1 Å². The summed E-state index contributed by atoms with van der Waals surface area (Å²) in [5.74, 6) is -0.470. The Kier molecular flexibility index (Phi) is 5.65. The zero-order valence-electron chi connectivity index (χ0n) is 13.1. The first-order valence-corrected chi connectivity index (χ1v) is 9.47. The fourth-order valence-electron chi connectivity index (χ4n) is 2.64. The van der Waals surface area contributed by atoms with E-state index in [0.29, 0.717) is 17.0 Å². The number of nitrogens with zero attached hydrogens (tertiary/aromatic N) is 2. The van der Waals surface area contributed by atoms with Gasteiger partial charge in [-0.1, -0.05) is 17.7 Å². The molecule has 5 nitrogen and oxygen atoms in total. The number of likely N-dealkylation sites (N-methyl/N-ethyl adjacent to an activating group) is 2. The van der Waals surface area contributed by atoms with Crippen LogP contribution in [0.2, 0.25) is 5.02 Å². The van der Waals surface area contributed by atoms with Gasteiger partial charge in [0.15, 0.2) is 9.84 Å². The Morgan fingerprint density at radius 1 is 1.39 bits per heavy atom. The fraction of sp³-hybridized carbons (Fsp3) is 0.533. The topological polar surface area (TPSA) is 57.7 Å². The van der Waals surface area contributed by atoms with E-state index in [4.69, 9.17) is 11.6 Å². The van der Waals surface area contributed by atoms with Crippen LogP contribution in [-0.4, -0.2) is 62.3 Å². The van der Waals surface area contributed by atoms with E-state index >= 15 is 0 Å². The van der Waals surface area contributed by atoms with Crippen LogP contribution in [0.3, 0.4) is 0 Å². The standard InChI is InChI=1S/C15H20ClFN2O3S/c1-18(8-12-13(16)4-3-5-14(12)17)9-15(20)19(2)11-6-7-23(21,22)10-11/h3-5,11H,6-10H2,1-2H3/t11-/m0/s1. The molecule has 1 atom stereocenters. The highest BCUT2D eigenvalue weighted by Crippen LogP contribution is 2.21. The second-order valence-electron chi connectivity index (χ2n) is 5.93. The van der Waals surface area contributed by atoms with Crippen molar-refractivity contribution < 1.29 is 17.6 Å². The summed E-state index contributed by atoms with van der Waals surface area (Å²) in [7, 11) is 0.266. The number of hydrogen-bond acceptors (Lipinski definition) is 4. The molecule has 1 aromatic carbocycles. The van der Waals surface area contributed by atoms with E-state index in [1.165, 1.54) is 17.0 Å². The van der Waals surface area contributed by atoms with Gasteiger partial charge < -0.3 is 4.90 Å². The third-order valence-corrected chi connectivity index (χ3v) is 6.15. The number of amides is 1. The molecule has 1 aliphatic rings. The van der Waals surface area contributed by atoms with E-state index in [1.54, 1.807) is 25.1 Å². The van der Waals surface area contributed by atoms with Crippen molar-refractivity contribution >= 4 is 27.3 Å². The molecule has 0 unspecified atom stereocenters. The average molecular weight is 363 g/mol. The van der Waals surface area contributed by atoms with Crippen molar-refractivity contribution in [3.63, 3.8) is 0 Å². The minimum atomic E-state index is -3.04. The lowest BCUT2D eigenvalue weighted by Gasteiger charge is -2.26. The lowest BCUT2D eigenvalue weighted by molar-refractivity contribution is -0.132. The van der Waals surface area contributed by atoms with Gasteiger partial charge in [0.05, 0.1) is 18.1 Å². The van der Waals surface area contributed by atoms with Crippen LogP contribution in [0.15, 0.2) is 18.2 Å². The quantitative estimate of drug-likeness (QED) is 0.797. The van der Waals surface area contributed by atoms with Crippen LogP contribution in [0.1, 0.15) is 12.0 Å². The van der Waals surface area contributed by atoms with Gasteiger partial charge >= 0.3 is 0 Å². The molecule has 1 fully saturated rings. The molecular formula is C15H20ClFN2O3S. The highest BCUT2D eigenvalue weighted by molar-refractivity contribution is 7.91. The highest BCUT2D eigenvalue weighted by atomic mass is 35.5. The Morgan fingerprint density at radius 3 is 2.65 bits per heavy atom. The maximum atomic E-state index is 13.8. The van der Waals surface area contributed by atoms with Crippen molar-refractivity contribution in [1.82, 2.24) is 9.80 Å². The number of carbonyl (C=O) groups excluding carboxylic acids is 1. The zero-order valence-corrected chi connectivity index (χ0v) is 14.7. The van der Waals surface area contributed by atoms with Crippen LogP contribution in [0.25, 0.3) is 0 Å². The molecule has 0 radical (unpaired) electrons. The summed E-state index contributed by atoms with van der Waals surface area (Å²) in [5, 5.41) is 0.319. The van der Waals surface area contributed by atoms with Crippen molar-refractivity contribution in [2.24, 2.45) is 0 Å². The first-order valence-electron chi connectivity index (χ1n) is 7.27. The van der Waals surface area contributed by atoms with E-state index in [9.17, 15) is 17.6 Å². The SMILES string of the molecule is CN(CC(=O)N(C)[C@H]1CCS(=O)(=O)C1)Cc1c(F)cccc1Cl. The van der Waals surface area contributed by atoms with Gasteiger partial charge in [0.1, 0.15) is 5.82 Å². The third-order valence-electron chi connectivity index (χ3n) is 4.04. The van der Waals surface area contributed by atoms with Crippen LogP contribution < -0.4 is 0 Å². The zero-order chi connectivity index (χ0) is 17.2. The minimum absolute atomic E-state index is 0.0120. The Bertz CT molecular complexity index is 676. The normalized spacial score (nSPS) is 20.0. The lowest BCUT2D eigenvalue weighted by atomic mass is 10.2. The van der Waals surface area contributed by atoms with Crippen molar-refractivity contribution in [3.8, 4) is 0 Å². The van der Waals surface area contributed by atoms with Crippen molar-refractivity contribution in [2.45, 2.75) is 19.0 Å². The smallest absolute Gasteiger partial charge is 0.236 e. The van der Waals surface area contributed by atoms with Gasteiger partial charge in [-0.05, 0) is 25.6 Å². The number of hydrogen-bond donors (Lipinski definition) is 0. The largest absolute Gasteiger partial charge is 0.341 e. The van der Waals surface area contributed by atoms with Gasteiger partial charge in [0.2, 0.25) is 5.91 Å². The third kappa shape index (κ3) is 4.65. The minimum Gasteiger partial charge on any atom is -0.341 e. The highest BCUT2D eigenvalue weighted by Gasteiger charge is 2.32. The summed E-state index contributed by atoms with van der Waals surface area (Å²) in [6.07, 6.45) is 0.466. The second kappa shape index (κ2) is 7.15. The number of benzene rings is 1. The van der Waals surface area contributed by atoms with Crippen LogP contribution in [-0.2, 0) is 21.2 Å². The molecule has 0 saturated carbocycles. The molecular weight excluding hydrogens is 343 g/mol. The van der Waals surface area contributed by atoms with E-state index in [2.05, 4.69) is 0 Å². The number of rotatable bonds is 5. The van der Waals surface area contributed by atoms with Crippen LogP contribution in [0.4, 0.5) is 4.39 Å². The van der Waals surface area contributed by atoms with Gasteiger partial charge in [-0.15, -0.1) is 0 Å². The van der Waals surface area contributed by atoms with E-state index in [0.717, 1.165) is 0 Å². The molecule has 1 aromatic rings. The Labute approximate surface area is 140 Å². The molecule has 8 heteroatoms. The fourth-order valence-corrected chi connectivity index (χ4v) is 4.63. The molecule has 128 valence electrons. The van der Waals surface area contributed by atoms with Gasteiger partial charge in [0, 0.05) is 30.2 Å². The van der Waals surface area contributed by atoms with Gasteiger partial charge in [-0.2, -0.15) is 0 Å². The lowest BCUT2D eigenvalue weighted by Crippen LogP contribution is -2.43. The maximum absolute atomic E-state index is 13.8. The molecule has 0 bridgehead atoms. The summed E-state index contributed by atoms with van der Waals surface area (Å²) in [4.78, 5) is 15.4. The van der Waals surface area contributed by atoms with Crippen LogP contribution in [0, 0.1) is 5.82 Å². The number of halogens is 2. The van der Waals surface area contributed by atoms with Gasteiger partial charge in [-0.25, -0.2) is 12.8 Å². The molecule has 1 amide bonds. The predicted molar refractivity (Wildman–Crippen MR) is 87.6 cm³/mol. The predicted octanol–water partition coefficient (Wildman–Crippen LogP) is 1.56.